The van der Waals surface area contributed by atoms with Crippen molar-refractivity contribution in [2.24, 2.45) is 0 Å². The van der Waals surface area contributed by atoms with Gasteiger partial charge in [0, 0.05) is 39.3 Å². The molecule has 0 amide bonds. The lowest BCUT2D eigenvalue weighted by Gasteiger charge is -2.33. The van der Waals surface area contributed by atoms with Crippen LogP contribution in [0.2, 0.25) is 0 Å². The van der Waals surface area contributed by atoms with Crippen molar-refractivity contribution in [2.45, 2.75) is 19.3 Å². The van der Waals surface area contributed by atoms with E-state index in [2.05, 4.69) is 199 Å². The van der Waals surface area contributed by atoms with Crippen molar-refractivity contribution in [1.29, 1.82) is 0 Å². The van der Waals surface area contributed by atoms with Crippen molar-refractivity contribution >= 4 is 43.5 Å². The third-order valence-corrected chi connectivity index (χ3v) is 10.8. The lowest BCUT2D eigenvalue weighted by molar-refractivity contribution is 0.618. The molecule has 1 aliphatic rings. The van der Waals surface area contributed by atoms with Gasteiger partial charge in [-0.1, -0.05) is 153 Å². The standard InChI is InChI=1S/C48H35N3/c1-48(2)36-30-35(25-24-33-14-6-12-22-43(33)50(31-36)44-23-13-11-21-42(44)48)32-26-28-37(29-27-32)51-46-41-20-10-8-18-39(41)38-17-7-9-19-40(38)45(46)49-47(51)34-15-4-3-5-16-34/h3-31H,1-2H3. The fourth-order valence-corrected chi connectivity index (χ4v) is 8.12. The van der Waals surface area contributed by atoms with Crippen molar-refractivity contribution in [3.63, 3.8) is 0 Å². The summed E-state index contributed by atoms with van der Waals surface area (Å²) in [6, 6.07) is 61.4. The van der Waals surface area contributed by atoms with E-state index in [0.717, 1.165) is 33.7 Å². The molecule has 0 atom stereocenters. The first-order valence-corrected chi connectivity index (χ1v) is 17.6. The number of benzene rings is 7. The molecule has 10 rings (SSSR count). The minimum Gasteiger partial charge on any atom is -0.316 e. The van der Waals surface area contributed by atoms with Crippen molar-refractivity contribution in [3.05, 3.63) is 187 Å². The molecule has 3 heterocycles. The lowest BCUT2D eigenvalue weighted by atomic mass is 9.76. The van der Waals surface area contributed by atoms with Gasteiger partial charge in [0.05, 0.1) is 16.6 Å². The summed E-state index contributed by atoms with van der Waals surface area (Å²) in [7, 11) is 0. The van der Waals surface area contributed by atoms with Gasteiger partial charge in [-0.2, -0.15) is 0 Å². The van der Waals surface area contributed by atoms with Gasteiger partial charge in [-0.3, -0.25) is 4.57 Å². The molecule has 242 valence electrons. The number of imidazole rings is 1. The highest BCUT2D eigenvalue weighted by Gasteiger charge is 2.30. The molecule has 0 saturated carbocycles. The Balaban J connectivity index is 1.21. The second kappa shape index (κ2) is 11.3. The monoisotopic (exact) mass is 653 g/mol. The molecule has 0 unspecified atom stereocenters. The predicted molar refractivity (Wildman–Crippen MR) is 214 cm³/mol. The Kier molecular flexibility index (Phi) is 6.53. The van der Waals surface area contributed by atoms with Crippen molar-refractivity contribution < 1.29 is 0 Å². The molecule has 3 nitrogen and oxygen atoms in total. The van der Waals surface area contributed by atoms with Crippen LogP contribution in [0.25, 0.3) is 77.4 Å². The Morgan fingerprint density at radius 2 is 1.14 bits per heavy atom. The van der Waals surface area contributed by atoms with E-state index in [4.69, 9.17) is 4.98 Å². The van der Waals surface area contributed by atoms with Gasteiger partial charge in [0.25, 0.3) is 0 Å². The minimum absolute atomic E-state index is 0.171. The highest BCUT2D eigenvalue weighted by atomic mass is 15.1. The zero-order chi connectivity index (χ0) is 34.1. The van der Waals surface area contributed by atoms with Gasteiger partial charge < -0.3 is 4.57 Å². The smallest absolute Gasteiger partial charge is 0.145 e. The Morgan fingerprint density at radius 3 is 1.94 bits per heavy atom. The number of para-hydroxylation sites is 2. The van der Waals surface area contributed by atoms with Crippen LogP contribution in [-0.4, -0.2) is 14.1 Å². The third-order valence-electron chi connectivity index (χ3n) is 10.8. The maximum absolute atomic E-state index is 5.40. The number of hydrogen-bond acceptors (Lipinski definition) is 1. The van der Waals surface area contributed by atoms with Crippen LogP contribution in [0.5, 0.6) is 0 Å². The Morgan fingerprint density at radius 1 is 0.510 bits per heavy atom. The second-order valence-electron chi connectivity index (χ2n) is 14.1. The zero-order valence-electron chi connectivity index (χ0n) is 28.6. The van der Waals surface area contributed by atoms with Gasteiger partial charge in [-0.15, -0.1) is 0 Å². The first kappa shape index (κ1) is 29.5. The van der Waals surface area contributed by atoms with Crippen molar-refractivity contribution in [1.82, 2.24) is 14.1 Å². The number of aromatic nitrogens is 3. The molecule has 7 aromatic carbocycles. The van der Waals surface area contributed by atoms with E-state index in [-0.39, 0.29) is 5.41 Å². The van der Waals surface area contributed by atoms with Crippen LogP contribution in [0.15, 0.2) is 176 Å². The second-order valence-corrected chi connectivity index (χ2v) is 14.1. The first-order valence-electron chi connectivity index (χ1n) is 17.6. The number of nitrogens with zero attached hydrogens (tertiary/aromatic N) is 3. The maximum Gasteiger partial charge on any atom is 0.145 e. The van der Waals surface area contributed by atoms with Crippen LogP contribution in [0, 0.1) is 0 Å². The van der Waals surface area contributed by atoms with E-state index in [0.29, 0.717) is 0 Å². The summed E-state index contributed by atoms with van der Waals surface area (Å²) in [5, 5.41) is 6.00. The van der Waals surface area contributed by atoms with Crippen LogP contribution >= 0.6 is 0 Å². The third kappa shape index (κ3) is 4.55. The molecule has 1 aliphatic heterocycles. The number of fused-ring (bicyclic) bond motifs is 12. The maximum atomic E-state index is 5.40. The summed E-state index contributed by atoms with van der Waals surface area (Å²) in [5.41, 5.74) is 11.5. The van der Waals surface area contributed by atoms with E-state index in [9.17, 15) is 0 Å². The topological polar surface area (TPSA) is 22.8 Å². The number of hydrogen-bond donors (Lipinski definition) is 0. The molecule has 9 aromatic rings. The molecule has 0 fully saturated rings. The van der Waals surface area contributed by atoms with E-state index in [1.54, 1.807) is 0 Å². The van der Waals surface area contributed by atoms with Gasteiger partial charge in [0.2, 0.25) is 0 Å². The van der Waals surface area contributed by atoms with Crippen LogP contribution in [0.3, 0.4) is 0 Å². The van der Waals surface area contributed by atoms with Crippen LogP contribution < -0.4 is 0 Å². The summed E-state index contributed by atoms with van der Waals surface area (Å²) in [5.74, 6) is 0.936. The molecule has 51 heavy (non-hydrogen) atoms. The molecule has 3 heteroatoms. The summed E-state index contributed by atoms with van der Waals surface area (Å²) >= 11 is 0. The van der Waals surface area contributed by atoms with Gasteiger partial charge >= 0.3 is 0 Å². The SMILES string of the molecule is CC1(C)c2cc(-c3ccc(-n4c(-c5ccccc5)nc5c6ccccc6c6ccccc6c54)cc3)ccc3ccccc3n(c2)-c2ccccc21. The normalized spacial score (nSPS) is 13.1. The van der Waals surface area contributed by atoms with E-state index < -0.39 is 0 Å². The summed E-state index contributed by atoms with van der Waals surface area (Å²) in [6.07, 6.45) is 2.34. The van der Waals surface area contributed by atoms with Gasteiger partial charge in [0.1, 0.15) is 5.82 Å². The molecular formula is C48H35N3. The summed E-state index contributed by atoms with van der Waals surface area (Å²) in [6.45, 7) is 4.67. The molecule has 0 aliphatic carbocycles. The van der Waals surface area contributed by atoms with E-state index in [1.165, 1.54) is 54.8 Å². The molecule has 0 radical (unpaired) electrons. The Labute approximate surface area is 297 Å². The molecule has 0 saturated heterocycles. The van der Waals surface area contributed by atoms with Crippen molar-refractivity contribution in [2.75, 3.05) is 0 Å². The van der Waals surface area contributed by atoms with Gasteiger partial charge in [-0.05, 0) is 68.7 Å². The molecular weight excluding hydrogens is 619 g/mol. The Hall–Kier alpha value is -6.45. The van der Waals surface area contributed by atoms with Gasteiger partial charge in [0.15, 0.2) is 0 Å². The fourth-order valence-electron chi connectivity index (χ4n) is 8.12. The van der Waals surface area contributed by atoms with Crippen LogP contribution in [-0.2, 0) is 5.41 Å². The number of rotatable bonds is 3. The van der Waals surface area contributed by atoms with E-state index in [1.807, 2.05) is 0 Å². The largest absolute Gasteiger partial charge is 0.316 e. The minimum atomic E-state index is -0.171. The fraction of sp³-hybridized carbons (Fsp3) is 0.0625. The summed E-state index contributed by atoms with van der Waals surface area (Å²) in [4.78, 5) is 5.40. The quantitative estimate of drug-likeness (QED) is 0.174. The lowest BCUT2D eigenvalue weighted by Crippen LogP contribution is -2.25. The highest BCUT2D eigenvalue weighted by Crippen LogP contribution is 2.42. The van der Waals surface area contributed by atoms with Gasteiger partial charge in [-0.25, -0.2) is 4.98 Å². The molecule has 2 bridgehead atoms. The zero-order valence-corrected chi connectivity index (χ0v) is 28.6. The molecule has 0 spiro atoms. The molecule has 0 N–H and O–H groups in total. The van der Waals surface area contributed by atoms with Crippen molar-refractivity contribution in [3.8, 4) is 33.9 Å². The van der Waals surface area contributed by atoms with Crippen LogP contribution in [0.1, 0.15) is 25.0 Å². The Bertz CT molecular complexity index is 2870. The van der Waals surface area contributed by atoms with Crippen LogP contribution in [0.4, 0.5) is 0 Å². The predicted octanol–water partition coefficient (Wildman–Crippen LogP) is 12.4. The van der Waals surface area contributed by atoms with E-state index >= 15 is 0 Å². The molecule has 2 aromatic heterocycles. The summed E-state index contributed by atoms with van der Waals surface area (Å²) < 4.78 is 4.72. The highest BCUT2D eigenvalue weighted by molar-refractivity contribution is 6.24. The average Bonchev–Trinajstić information content (AvgIpc) is 3.62. The first-order chi connectivity index (χ1) is 25.1. The average molecular weight is 654 g/mol.